The summed E-state index contributed by atoms with van der Waals surface area (Å²) in [5.41, 5.74) is 16.4. The summed E-state index contributed by atoms with van der Waals surface area (Å²) in [5, 5.41) is 8.74. The van der Waals surface area contributed by atoms with Crippen LogP contribution in [0.1, 0.15) is 18.4 Å². The van der Waals surface area contributed by atoms with Gasteiger partial charge in [-0.1, -0.05) is 12.1 Å². The summed E-state index contributed by atoms with van der Waals surface area (Å²) in [4.78, 5) is 25.3. The normalized spacial score (nSPS) is 11.5. The SMILES string of the molecule is NC(N)=NC(=O)CCCOc1ccc(CC(N)C(=O)O)cc1. The maximum absolute atomic E-state index is 11.2. The fourth-order valence-corrected chi connectivity index (χ4v) is 1.68. The van der Waals surface area contributed by atoms with E-state index < -0.39 is 12.0 Å². The Bertz CT molecular complexity index is 538. The number of ether oxygens (including phenoxy) is 1. The quantitative estimate of drug-likeness (QED) is 0.289. The molecule has 0 spiro atoms. The lowest BCUT2D eigenvalue weighted by molar-refractivity contribution is -0.138. The van der Waals surface area contributed by atoms with Crippen molar-refractivity contribution in [1.82, 2.24) is 0 Å². The van der Waals surface area contributed by atoms with Crippen LogP contribution in [-0.2, 0) is 16.0 Å². The summed E-state index contributed by atoms with van der Waals surface area (Å²) in [6.07, 6.45) is 0.938. The number of carbonyl (C=O) groups excluding carboxylic acids is 1. The van der Waals surface area contributed by atoms with Crippen molar-refractivity contribution >= 4 is 17.8 Å². The molecule has 0 aliphatic rings. The average Bonchev–Trinajstić information content (AvgIpc) is 2.44. The number of carboxylic acids is 1. The average molecular weight is 308 g/mol. The van der Waals surface area contributed by atoms with E-state index in [1.807, 2.05) is 0 Å². The smallest absolute Gasteiger partial charge is 0.320 e. The molecule has 0 radical (unpaired) electrons. The number of carboxylic acid groups (broad SMARTS) is 1. The Morgan fingerprint density at radius 2 is 1.86 bits per heavy atom. The Balaban J connectivity index is 2.34. The van der Waals surface area contributed by atoms with Crippen molar-refractivity contribution in [3.05, 3.63) is 29.8 Å². The van der Waals surface area contributed by atoms with Gasteiger partial charge in [-0.05, 0) is 30.5 Å². The van der Waals surface area contributed by atoms with Crippen LogP contribution in [-0.4, -0.2) is 35.6 Å². The van der Waals surface area contributed by atoms with Crippen molar-refractivity contribution in [1.29, 1.82) is 0 Å². The number of rotatable bonds is 8. The Morgan fingerprint density at radius 3 is 2.41 bits per heavy atom. The largest absolute Gasteiger partial charge is 0.494 e. The molecule has 1 rings (SSSR count). The van der Waals surface area contributed by atoms with Crippen LogP contribution < -0.4 is 21.9 Å². The maximum atomic E-state index is 11.2. The van der Waals surface area contributed by atoms with Crippen molar-refractivity contribution in [2.24, 2.45) is 22.2 Å². The molecule has 8 heteroatoms. The molecule has 0 aliphatic carbocycles. The first-order valence-corrected chi connectivity index (χ1v) is 6.71. The van der Waals surface area contributed by atoms with Crippen LogP contribution in [0.3, 0.4) is 0 Å². The molecule has 1 amide bonds. The molecule has 1 aromatic carbocycles. The van der Waals surface area contributed by atoms with E-state index in [0.717, 1.165) is 5.56 Å². The molecule has 1 atom stereocenters. The molecule has 0 saturated carbocycles. The van der Waals surface area contributed by atoms with Crippen LogP contribution in [0.5, 0.6) is 5.75 Å². The third-order valence-electron chi connectivity index (χ3n) is 2.75. The minimum Gasteiger partial charge on any atom is -0.494 e. The number of guanidine groups is 1. The van der Waals surface area contributed by atoms with Gasteiger partial charge in [-0.15, -0.1) is 0 Å². The summed E-state index contributed by atoms with van der Waals surface area (Å²) in [6, 6.07) is 6.03. The second kappa shape index (κ2) is 8.63. The van der Waals surface area contributed by atoms with Crippen LogP contribution in [0.4, 0.5) is 0 Å². The number of aliphatic carboxylic acids is 1. The summed E-state index contributed by atoms with van der Waals surface area (Å²) in [7, 11) is 0. The zero-order valence-electron chi connectivity index (χ0n) is 12.1. The molecule has 1 aromatic rings. The lowest BCUT2D eigenvalue weighted by Gasteiger charge is -2.08. The molecule has 1 unspecified atom stereocenters. The van der Waals surface area contributed by atoms with Crippen molar-refractivity contribution in [2.75, 3.05) is 6.61 Å². The van der Waals surface area contributed by atoms with Crippen LogP contribution >= 0.6 is 0 Å². The number of hydrogen-bond donors (Lipinski definition) is 4. The van der Waals surface area contributed by atoms with Crippen LogP contribution in [0.25, 0.3) is 0 Å². The summed E-state index contributed by atoms with van der Waals surface area (Å²) in [6.45, 7) is 0.347. The van der Waals surface area contributed by atoms with Gasteiger partial charge < -0.3 is 27.0 Å². The zero-order valence-corrected chi connectivity index (χ0v) is 12.1. The van der Waals surface area contributed by atoms with Gasteiger partial charge in [0.1, 0.15) is 11.8 Å². The molecule has 0 aromatic heterocycles. The van der Waals surface area contributed by atoms with E-state index in [2.05, 4.69) is 4.99 Å². The second-order valence-electron chi connectivity index (χ2n) is 4.68. The number of nitrogens with zero attached hydrogens (tertiary/aromatic N) is 1. The van der Waals surface area contributed by atoms with E-state index >= 15 is 0 Å². The van der Waals surface area contributed by atoms with Gasteiger partial charge in [0, 0.05) is 6.42 Å². The number of hydrogen-bond acceptors (Lipinski definition) is 4. The predicted molar refractivity (Wildman–Crippen MR) is 81.3 cm³/mol. The lowest BCUT2D eigenvalue weighted by atomic mass is 10.1. The van der Waals surface area contributed by atoms with Crippen molar-refractivity contribution < 1.29 is 19.4 Å². The summed E-state index contributed by atoms with van der Waals surface area (Å²) in [5.74, 6) is -1.05. The highest BCUT2D eigenvalue weighted by atomic mass is 16.5. The second-order valence-corrected chi connectivity index (χ2v) is 4.68. The van der Waals surface area contributed by atoms with E-state index in [0.29, 0.717) is 18.8 Å². The minimum atomic E-state index is -1.04. The third-order valence-corrected chi connectivity index (χ3v) is 2.75. The first-order valence-electron chi connectivity index (χ1n) is 6.71. The molecule has 0 fully saturated rings. The Labute approximate surface area is 127 Å². The highest BCUT2D eigenvalue weighted by Gasteiger charge is 2.11. The minimum absolute atomic E-state index is 0.198. The zero-order chi connectivity index (χ0) is 16.5. The van der Waals surface area contributed by atoms with E-state index in [1.165, 1.54) is 0 Å². The molecule has 7 N–H and O–H groups in total. The number of carbonyl (C=O) groups is 2. The van der Waals surface area contributed by atoms with E-state index in [1.54, 1.807) is 24.3 Å². The molecule has 0 bridgehead atoms. The van der Waals surface area contributed by atoms with E-state index in [9.17, 15) is 9.59 Å². The van der Waals surface area contributed by atoms with Gasteiger partial charge in [0.15, 0.2) is 5.96 Å². The molecular formula is C14H20N4O4. The Hall–Kier alpha value is -2.61. The predicted octanol–water partition coefficient (Wildman–Crippen LogP) is -0.400. The molecule has 0 heterocycles. The Kier molecular flexibility index (Phi) is 6.84. The molecule has 0 aliphatic heterocycles. The van der Waals surface area contributed by atoms with Crippen molar-refractivity contribution in [2.45, 2.75) is 25.3 Å². The highest BCUT2D eigenvalue weighted by Crippen LogP contribution is 2.13. The van der Waals surface area contributed by atoms with Crippen LogP contribution in [0.2, 0.25) is 0 Å². The van der Waals surface area contributed by atoms with Gasteiger partial charge in [-0.3, -0.25) is 9.59 Å². The van der Waals surface area contributed by atoms with E-state index in [-0.39, 0.29) is 24.7 Å². The molecule has 0 saturated heterocycles. The first-order chi connectivity index (χ1) is 10.4. The summed E-state index contributed by atoms with van der Waals surface area (Å²) < 4.78 is 5.46. The Morgan fingerprint density at radius 1 is 1.23 bits per heavy atom. The van der Waals surface area contributed by atoms with Gasteiger partial charge in [0.05, 0.1) is 6.61 Å². The topological polar surface area (TPSA) is 154 Å². The highest BCUT2D eigenvalue weighted by molar-refractivity contribution is 5.91. The van der Waals surface area contributed by atoms with Gasteiger partial charge in [0.25, 0.3) is 0 Å². The monoisotopic (exact) mass is 308 g/mol. The van der Waals surface area contributed by atoms with Crippen LogP contribution in [0, 0.1) is 0 Å². The molecule has 120 valence electrons. The number of aliphatic imine (C=N–C) groups is 1. The number of amides is 1. The third kappa shape index (κ3) is 6.71. The number of benzene rings is 1. The molecule has 8 nitrogen and oxygen atoms in total. The standard InChI is InChI=1S/C14H20N4O4/c15-11(13(20)21)8-9-3-5-10(6-4-9)22-7-1-2-12(19)18-14(16)17/h3-6,11H,1-2,7-8,15H2,(H,20,21)(H4,16,17,18,19). The van der Waals surface area contributed by atoms with Crippen molar-refractivity contribution in [3.63, 3.8) is 0 Å². The number of nitrogens with two attached hydrogens (primary N) is 3. The molecular weight excluding hydrogens is 288 g/mol. The fourth-order valence-electron chi connectivity index (χ4n) is 1.68. The van der Waals surface area contributed by atoms with Gasteiger partial charge in [-0.25, -0.2) is 0 Å². The lowest BCUT2D eigenvalue weighted by Crippen LogP contribution is -2.32. The molecule has 22 heavy (non-hydrogen) atoms. The van der Waals surface area contributed by atoms with Gasteiger partial charge >= 0.3 is 5.97 Å². The maximum Gasteiger partial charge on any atom is 0.320 e. The first kappa shape index (κ1) is 17.4. The van der Waals surface area contributed by atoms with Gasteiger partial charge in [0.2, 0.25) is 5.91 Å². The summed E-state index contributed by atoms with van der Waals surface area (Å²) >= 11 is 0. The van der Waals surface area contributed by atoms with E-state index in [4.69, 9.17) is 27.0 Å². The fraction of sp³-hybridized carbons (Fsp3) is 0.357. The van der Waals surface area contributed by atoms with Crippen LogP contribution in [0.15, 0.2) is 29.3 Å². The van der Waals surface area contributed by atoms with Gasteiger partial charge in [-0.2, -0.15) is 4.99 Å². The van der Waals surface area contributed by atoms with Crippen molar-refractivity contribution in [3.8, 4) is 5.75 Å².